The van der Waals surface area contributed by atoms with Crippen LogP contribution in [-0.2, 0) is 0 Å². The predicted molar refractivity (Wildman–Crippen MR) is 139 cm³/mol. The lowest BCUT2D eigenvalue weighted by Gasteiger charge is -2.05. The van der Waals surface area contributed by atoms with Crippen LogP contribution in [0.25, 0.3) is 33.3 Å². The maximum Gasteiger partial charge on any atom is 0.209 e. The normalized spacial score (nSPS) is 11.0. The van der Waals surface area contributed by atoms with Crippen LogP contribution in [0.1, 0.15) is 21.6 Å². The highest BCUT2D eigenvalue weighted by Gasteiger charge is 2.26. The number of aromatic nitrogens is 2. The van der Waals surface area contributed by atoms with Crippen LogP contribution in [0, 0.1) is 11.3 Å². The number of hydrogen-bond donors (Lipinski definition) is 2. The van der Waals surface area contributed by atoms with Gasteiger partial charge in [0.2, 0.25) is 5.78 Å². The molecule has 0 aliphatic heterocycles. The number of carbonyl (C=O) groups excluding carboxylic acids is 1. The summed E-state index contributed by atoms with van der Waals surface area (Å²) in [6, 6.07) is 22.5. The van der Waals surface area contributed by atoms with E-state index in [1.165, 1.54) is 0 Å². The van der Waals surface area contributed by atoms with Gasteiger partial charge in [0.1, 0.15) is 6.07 Å². The minimum absolute atomic E-state index is 0.214. The lowest BCUT2D eigenvalue weighted by atomic mass is 9.96. The summed E-state index contributed by atoms with van der Waals surface area (Å²) in [6.45, 7) is 0. The summed E-state index contributed by atoms with van der Waals surface area (Å²) in [7, 11) is 0. The van der Waals surface area contributed by atoms with Gasteiger partial charge in [-0.2, -0.15) is 5.26 Å². The molecule has 0 saturated heterocycles. The van der Waals surface area contributed by atoms with Crippen molar-refractivity contribution in [3.63, 3.8) is 0 Å². The summed E-state index contributed by atoms with van der Waals surface area (Å²) in [5, 5.41) is 11.7. The van der Waals surface area contributed by atoms with E-state index < -0.39 is 0 Å². The molecular formula is C26H14Br2ClN3O. The van der Waals surface area contributed by atoms with Gasteiger partial charge in [-0.15, -0.1) is 0 Å². The molecule has 4 nitrogen and oxygen atoms in total. The molecule has 33 heavy (non-hydrogen) atoms. The third-order valence-electron chi connectivity index (χ3n) is 5.49. The molecule has 160 valence electrons. The fraction of sp³-hybridized carbons (Fsp3) is 0. The first-order chi connectivity index (χ1) is 16.0. The maximum atomic E-state index is 13.6. The SMILES string of the molecule is N#Cc1c(-c2c[nH]c3ccc(Br)cc23)[nH]c(C(=O)c2ccc(Cl)cc2)c1-c1ccc(Br)cc1. The van der Waals surface area contributed by atoms with Crippen LogP contribution >= 0.6 is 43.5 Å². The number of nitriles is 1. The third kappa shape index (κ3) is 3.93. The van der Waals surface area contributed by atoms with Gasteiger partial charge in [0.25, 0.3) is 0 Å². The van der Waals surface area contributed by atoms with E-state index in [-0.39, 0.29) is 5.78 Å². The van der Waals surface area contributed by atoms with Crippen LogP contribution < -0.4 is 0 Å². The van der Waals surface area contributed by atoms with Crippen molar-refractivity contribution in [2.45, 2.75) is 0 Å². The number of benzene rings is 3. The molecule has 3 aromatic carbocycles. The van der Waals surface area contributed by atoms with Crippen LogP contribution in [-0.4, -0.2) is 15.8 Å². The zero-order valence-corrected chi connectivity index (χ0v) is 20.8. The molecule has 7 heteroatoms. The zero-order chi connectivity index (χ0) is 23.1. The Morgan fingerprint density at radius 3 is 2.33 bits per heavy atom. The fourth-order valence-electron chi connectivity index (χ4n) is 3.93. The molecule has 0 atom stereocenters. The minimum atomic E-state index is -0.214. The molecule has 0 spiro atoms. The monoisotopic (exact) mass is 577 g/mol. The largest absolute Gasteiger partial charge is 0.360 e. The number of rotatable bonds is 4. The minimum Gasteiger partial charge on any atom is -0.360 e. The molecule has 2 aromatic heterocycles. The van der Waals surface area contributed by atoms with Gasteiger partial charge in [-0.25, -0.2) is 0 Å². The Bertz CT molecular complexity index is 1560. The van der Waals surface area contributed by atoms with E-state index in [1.807, 2.05) is 48.7 Å². The molecule has 2 N–H and O–H groups in total. The van der Waals surface area contributed by atoms with E-state index in [1.54, 1.807) is 24.3 Å². The molecule has 5 rings (SSSR count). The van der Waals surface area contributed by atoms with Gasteiger partial charge in [0.15, 0.2) is 0 Å². The van der Waals surface area contributed by atoms with Crippen molar-refractivity contribution in [2.75, 3.05) is 0 Å². The highest BCUT2D eigenvalue weighted by Crippen LogP contribution is 2.39. The first kappa shape index (κ1) is 21.7. The number of H-pyrrole nitrogens is 2. The van der Waals surface area contributed by atoms with E-state index >= 15 is 0 Å². The second-order valence-electron chi connectivity index (χ2n) is 7.47. The van der Waals surface area contributed by atoms with Gasteiger partial charge in [-0.05, 0) is 60.2 Å². The molecule has 0 bridgehead atoms. The number of nitrogens with zero attached hydrogens (tertiary/aromatic N) is 1. The summed E-state index contributed by atoms with van der Waals surface area (Å²) < 4.78 is 1.83. The number of fused-ring (bicyclic) bond motifs is 1. The maximum absolute atomic E-state index is 13.6. The first-order valence-electron chi connectivity index (χ1n) is 9.95. The molecule has 2 heterocycles. The first-order valence-corrected chi connectivity index (χ1v) is 11.9. The Labute approximate surface area is 211 Å². The van der Waals surface area contributed by atoms with E-state index in [0.717, 1.165) is 31.0 Å². The van der Waals surface area contributed by atoms with Crippen LogP contribution in [0.3, 0.4) is 0 Å². The summed E-state index contributed by atoms with van der Waals surface area (Å²) in [6.07, 6.45) is 1.85. The van der Waals surface area contributed by atoms with Crippen LogP contribution in [0.15, 0.2) is 81.9 Å². The van der Waals surface area contributed by atoms with Crippen molar-refractivity contribution < 1.29 is 4.79 Å². The van der Waals surface area contributed by atoms with Crippen LogP contribution in [0.4, 0.5) is 0 Å². The van der Waals surface area contributed by atoms with Crippen molar-refractivity contribution in [1.82, 2.24) is 9.97 Å². The van der Waals surface area contributed by atoms with Crippen molar-refractivity contribution in [2.24, 2.45) is 0 Å². The molecule has 0 fully saturated rings. The summed E-state index contributed by atoms with van der Waals surface area (Å²) in [4.78, 5) is 20.1. The number of nitrogens with one attached hydrogen (secondary N) is 2. The Kier molecular flexibility index (Phi) is 5.71. The average molecular weight is 580 g/mol. The summed E-state index contributed by atoms with van der Waals surface area (Å²) in [5.41, 5.74) is 4.94. The van der Waals surface area contributed by atoms with Crippen molar-refractivity contribution >= 4 is 60.1 Å². The molecule has 0 aliphatic carbocycles. The van der Waals surface area contributed by atoms with Gasteiger partial charge < -0.3 is 9.97 Å². The Balaban J connectivity index is 1.79. The third-order valence-corrected chi connectivity index (χ3v) is 6.77. The second kappa shape index (κ2) is 8.68. The Hall–Kier alpha value is -3.11. The fourth-order valence-corrected chi connectivity index (χ4v) is 4.69. The number of halogens is 3. The molecular weight excluding hydrogens is 566 g/mol. The van der Waals surface area contributed by atoms with E-state index in [4.69, 9.17) is 11.6 Å². The van der Waals surface area contributed by atoms with Crippen molar-refractivity contribution in [3.05, 3.63) is 104 Å². The Morgan fingerprint density at radius 1 is 0.939 bits per heavy atom. The van der Waals surface area contributed by atoms with Gasteiger partial charge in [0, 0.05) is 47.8 Å². The van der Waals surface area contributed by atoms with E-state index in [9.17, 15) is 10.1 Å². The van der Waals surface area contributed by atoms with Crippen LogP contribution in [0.5, 0.6) is 0 Å². The average Bonchev–Trinajstić information content (AvgIpc) is 3.40. The van der Waals surface area contributed by atoms with Gasteiger partial charge in [-0.1, -0.05) is 55.6 Å². The van der Waals surface area contributed by atoms with E-state index in [2.05, 4.69) is 47.9 Å². The number of ketones is 1. The van der Waals surface area contributed by atoms with Crippen molar-refractivity contribution in [1.29, 1.82) is 5.26 Å². The van der Waals surface area contributed by atoms with Gasteiger partial charge in [0.05, 0.1) is 17.0 Å². The second-order valence-corrected chi connectivity index (χ2v) is 9.74. The van der Waals surface area contributed by atoms with Gasteiger partial charge >= 0.3 is 0 Å². The molecule has 0 amide bonds. The molecule has 5 aromatic rings. The molecule has 0 radical (unpaired) electrons. The molecule has 0 saturated carbocycles. The van der Waals surface area contributed by atoms with Crippen molar-refractivity contribution in [3.8, 4) is 28.5 Å². The molecule has 0 aliphatic rings. The highest BCUT2D eigenvalue weighted by atomic mass is 79.9. The smallest absolute Gasteiger partial charge is 0.209 e. The standard InChI is InChI=1S/C26H14Br2ClN3O/c27-16-5-1-14(2-6-16)23-20(12-30)24(21-13-31-22-10-7-17(28)11-19(21)22)32-25(23)26(33)15-3-8-18(29)9-4-15/h1-11,13,31-32H. The zero-order valence-electron chi connectivity index (χ0n) is 16.9. The van der Waals surface area contributed by atoms with Gasteiger partial charge in [-0.3, -0.25) is 4.79 Å². The summed E-state index contributed by atoms with van der Waals surface area (Å²) in [5.74, 6) is -0.214. The molecule has 0 unspecified atom stereocenters. The predicted octanol–water partition coefficient (Wildman–Crippen LogP) is 8.11. The Morgan fingerprint density at radius 2 is 1.64 bits per heavy atom. The quantitative estimate of drug-likeness (QED) is 0.211. The lowest BCUT2D eigenvalue weighted by Crippen LogP contribution is -2.03. The topological polar surface area (TPSA) is 72.4 Å². The highest BCUT2D eigenvalue weighted by molar-refractivity contribution is 9.10. The summed E-state index contributed by atoms with van der Waals surface area (Å²) >= 11 is 13.0. The lowest BCUT2D eigenvalue weighted by molar-refractivity contribution is 0.103. The number of carbonyl (C=O) groups is 1. The number of hydrogen-bond acceptors (Lipinski definition) is 2. The van der Waals surface area contributed by atoms with E-state index in [0.29, 0.717) is 33.1 Å². The van der Waals surface area contributed by atoms with Crippen LogP contribution in [0.2, 0.25) is 5.02 Å². The number of aromatic amines is 2.